The number of hydrogen-bond donors (Lipinski definition) is 3. The summed E-state index contributed by atoms with van der Waals surface area (Å²) in [5, 5.41) is 12.4. The minimum absolute atomic E-state index is 0.0414. The third-order valence-corrected chi connectivity index (χ3v) is 6.10. The van der Waals surface area contributed by atoms with E-state index in [4.69, 9.17) is 4.42 Å². The maximum atomic E-state index is 12.4. The Morgan fingerprint density at radius 1 is 0.973 bits per heavy atom. The number of carbonyl (C=O) groups excluding carboxylic acids is 1. The highest BCUT2D eigenvalue weighted by Gasteiger charge is 2.18. The summed E-state index contributed by atoms with van der Waals surface area (Å²) in [6.45, 7) is 6.10. The molecule has 0 unspecified atom stereocenters. The predicted octanol–water partition coefficient (Wildman–Crippen LogP) is 6.20. The summed E-state index contributed by atoms with van der Waals surface area (Å²) in [5.41, 5.74) is 7.37. The van der Waals surface area contributed by atoms with Gasteiger partial charge >= 0.3 is 0 Å². The molecule has 0 aromatic carbocycles. The number of H-pyrrole nitrogens is 2. The maximum absolute atomic E-state index is 12.4. The number of furan rings is 1. The zero-order chi connectivity index (χ0) is 25.6. The fraction of sp³-hybridized carbons (Fsp3) is 0.179. The maximum Gasteiger partial charge on any atom is 0.224 e. The molecule has 6 rings (SSSR count). The SMILES string of the molecule is CC(C)(C)CC(=O)Nc1cncc(-c2cnc3[nH]nc(-c4cc5c(-c6ccoc6)cncc5[nH]4)c3c2)c1. The van der Waals surface area contributed by atoms with Crippen LogP contribution in [0.1, 0.15) is 27.2 Å². The molecule has 184 valence electrons. The second kappa shape index (κ2) is 8.70. The average molecular weight is 492 g/mol. The first-order valence-electron chi connectivity index (χ1n) is 11.9. The molecule has 0 fully saturated rings. The van der Waals surface area contributed by atoms with Gasteiger partial charge in [0.2, 0.25) is 5.91 Å². The lowest BCUT2D eigenvalue weighted by atomic mass is 9.92. The minimum atomic E-state index is -0.0975. The van der Waals surface area contributed by atoms with Crippen LogP contribution in [-0.4, -0.2) is 36.0 Å². The molecule has 0 bridgehead atoms. The number of pyridine rings is 3. The van der Waals surface area contributed by atoms with Gasteiger partial charge in [0.1, 0.15) is 5.69 Å². The second-order valence-corrected chi connectivity index (χ2v) is 10.3. The van der Waals surface area contributed by atoms with Crippen LogP contribution in [0.15, 0.2) is 72.2 Å². The summed E-state index contributed by atoms with van der Waals surface area (Å²) in [6, 6.07) is 7.91. The third-order valence-electron chi connectivity index (χ3n) is 6.10. The molecule has 0 radical (unpaired) electrons. The van der Waals surface area contributed by atoms with Crippen LogP contribution in [0.3, 0.4) is 0 Å². The Labute approximate surface area is 212 Å². The molecule has 6 aromatic rings. The van der Waals surface area contributed by atoms with Crippen molar-refractivity contribution in [2.24, 2.45) is 5.41 Å². The van der Waals surface area contributed by atoms with Gasteiger partial charge in [0.25, 0.3) is 0 Å². The molecule has 0 aliphatic carbocycles. The fourth-order valence-electron chi connectivity index (χ4n) is 4.45. The molecule has 0 aliphatic rings. The molecular weight excluding hydrogens is 466 g/mol. The van der Waals surface area contributed by atoms with Gasteiger partial charge in [-0.1, -0.05) is 20.8 Å². The van der Waals surface area contributed by atoms with Gasteiger partial charge in [0.15, 0.2) is 5.65 Å². The molecule has 0 aliphatic heterocycles. The average Bonchev–Trinajstić information content (AvgIpc) is 3.61. The Morgan fingerprint density at radius 3 is 2.62 bits per heavy atom. The Morgan fingerprint density at radius 2 is 1.81 bits per heavy atom. The van der Waals surface area contributed by atoms with E-state index in [1.807, 2.05) is 45.2 Å². The number of nitrogens with one attached hydrogen (secondary N) is 3. The van der Waals surface area contributed by atoms with Gasteiger partial charge in [-0.3, -0.25) is 19.9 Å². The first kappa shape index (κ1) is 22.7. The number of hydrogen-bond acceptors (Lipinski definition) is 6. The number of rotatable bonds is 5. The first-order valence-corrected chi connectivity index (χ1v) is 11.9. The van der Waals surface area contributed by atoms with Crippen molar-refractivity contribution in [2.75, 3.05) is 5.32 Å². The molecule has 3 N–H and O–H groups in total. The predicted molar refractivity (Wildman–Crippen MR) is 143 cm³/mol. The Hall–Kier alpha value is -4.79. The molecule has 0 saturated carbocycles. The summed E-state index contributed by atoms with van der Waals surface area (Å²) in [6.07, 6.45) is 12.6. The molecule has 9 nitrogen and oxygen atoms in total. The van der Waals surface area contributed by atoms with Gasteiger partial charge in [-0.2, -0.15) is 5.10 Å². The van der Waals surface area contributed by atoms with Crippen LogP contribution in [-0.2, 0) is 4.79 Å². The van der Waals surface area contributed by atoms with Gasteiger partial charge in [-0.05, 0) is 29.7 Å². The van der Waals surface area contributed by atoms with Crippen LogP contribution in [0.5, 0.6) is 0 Å². The summed E-state index contributed by atoms with van der Waals surface area (Å²) < 4.78 is 5.27. The number of aromatic amines is 2. The highest BCUT2D eigenvalue weighted by molar-refractivity contribution is 6.00. The molecule has 9 heteroatoms. The Bertz CT molecular complexity index is 1740. The number of carbonyl (C=O) groups is 1. The lowest BCUT2D eigenvalue weighted by Crippen LogP contribution is -2.19. The minimum Gasteiger partial charge on any atom is -0.472 e. The number of amides is 1. The van der Waals surface area contributed by atoms with Gasteiger partial charge in [-0.15, -0.1) is 0 Å². The first-order chi connectivity index (χ1) is 17.8. The largest absolute Gasteiger partial charge is 0.472 e. The van der Waals surface area contributed by atoms with Crippen LogP contribution in [0, 0.1) is 5.41 Å². The molecular formula is C28H25N7O2. The topological polar surface area (TPSA) is 125 Å². The van der Waals surface area contributed by atoms with E-state index < -0.39 is 0 Å². The van der Waals surface area contributed by atoms with Crippen molar-refractivity contribution in [3.05, 3.63) is 67.8 Å². The Kier molecular flexibility index (Phi) is 5.33. The summed E-state index contributed by atoms with van der Waals surface area (Å²) in [5.74, 6) is -0.0414. The van der Waals surface area contributed by atoms with Crippen LogP contribution in [0.25, 0.3) is 55.6 Å². The van der Waals surface area contributed by atoms with Crippen LogP contribution < -0.4 is 5.32 Å². The van der Waals surface area contributed by atoms with Gasteiger partial charge in [-0.25, -0.2) is 4.98 Å². The summed E-state index contributed by atoms with van der Waals surface area (Å²) in [4.78, 5) is 29.1. The quantitative estimate of drug-likeness (QED) is 0.264. The molecule has 0 atom stereocenters. The van der Waals surface area contributed by atoms with E-state index in [1.165, 1.54) is 0 Å². The van der Waals surface area contributed by atoms with E-state index >= 15 is 0 Å². The molecule has 6 aromatic heterocycles. The van der Waals surface area contributed by atoms with Crippen LogP contribution in [0.2, 0.25) is 0 Å². The highest BCUT2D eigenvalue weighted by atomic mass is 16.3. The summed E-state index contributed by atoms with van der Waals surface area (Å²) >= 11 is 0. The molecule has 6 heterocycles. The van der Waals surface area contributed by atoms with Crippen molar-refractivity contribution in [3.8, 4) is 33.6 Å². The fourth-order valence-corrected chi connectivity index (χ4v) is 4.45. The molecule has 1 amide bonds. The van der Waals surface area contributed by atoms with Crippen molar-refractivity contribution in [1.29, 1.82) is 0 Å². The highest BCUT2D eigenvalue weighted by Crippen LogP contribution is 2.34. The monoisotopic (exact) mass is 491 g/mol. The van der Waals surface area contributed by atoms with E-state index in [-0.39, 0.29) is 11.3 Å². The number of aromatic nitrogens is 6. The van der Waals surface area contributed by atoms with Crippen molar-refractivity contribution in [3.63, 3.8) is 0 Å². The second-order valence-electron chi connectivity index (χ2n) is 10.3. The normalized spacial score (nSPS) is 11.9. The van der Waals surface area contributed by atoms with Crippen LogP contribution in [0.4, 0.5) is 5.69 Å². The smallest absolute Gasteiger partial charge is 0.224 e. The zero-order valence-electron chi connectivity index (χ0n) is 20.7. The van der Waals surface area contributed by atoms with Gasteiger partial charge in [0.05, 0.1) is 41.8 Å². The molecule has 0 spiro atoms. The number of fused-ring (bicyclic) bond motifs is 2. The van der Waals surface area contributed by atoms with E-state index in [0.29, 0.717) is 17.8 Å². The Balaban J connectivity index is 1.36. The lowest BCUT2D eigenvalue weighted by molar-refractivity contribution is -0.117. The van der Waals surface area contributed by atoms with Crippen molar-refractivity contribution < 1.29 is 9.21 Å². The number of nitrogens with zero attached hydrogens (tertiary/aromatic N) is 4. The van der Waals surface area contributed by atoms with Crippen LogP contribution >= 0.6 is 0 Å². The van der Waals surface area contributed by atoms with Gasteiger partial charge < -0.3 is 14.7 Å². The van der Waals surface area contributed by atoms with E-state index in [1.54, 1.807) is 37.3 Å². The van der Waals surface area contributed by atoms with Crippen molar-refractivity contribution >= 4 is 33.5 Å². The standard InChI is InChI=1S/C28H25N7O2/c1-28(2,3)9-25(36)32-19-6-17(10-29-12-19)18-7-21-26(34-35-27(21)31-11-18)23-8-20-22(16-4-5-37-15-16)13-30-14-24(20)33-23/h4-8,10-15,33H,9H2,1-3H3,(H,32,36)(H,31,34,35). The molecule has 37 heavy (non-hydrogen) atoms. The van der Waals surface area contributed by atoms with Crippen molar-refractivity contribution in [1.82, 2.24) is 30.1 Å². The lowest BCUT2D eigenvalue weighted by Gasteiger charge is -2.17. The van der Waals surface area contributed by atoms with E-state index in [2.05, 4.69) is 41.5 Å². The molecule has 0 saturated heterocycles. The van der Waals surface area contributed by atoms with E-state index in [0.717, 1.165) is 49.9 Å². The summed E-state index contributed by atoms with van der Waals surface area (Å²) in [7, 11) is 0. The van der Waals surface area contributed by atoms with Gasteiger partial charge in [0, 0.05) is 58.0 Å². The zero-order valence-corrected chi connectivity index (χ0v) is 20.7. The van der Waals surface area contributed by atoms with E-state index in [9.17, 15) is 4.79 Å². The van der Waals surface area contributed by atoms with Crippen molar-refractivity contribution in [2.45, 2.75) is 27.2 Å². The third kappa shape index (κ3) is 4.47. The number of anilines is 1.